The summed E-state index contributed by atoms with van der Waals surface area (Å²) in [4.78, 5) is 24.6. The number of nitrogens with zero attached hydrogens (tertiary/aromatic N) is 2. The predicted molar refractivity (Wildman–Crippen MR) is 92.3 cm³/mol. The van der Waals surface area contributed by atoms with E-state index < -0.39 is 11.9 Å². The van der Waals surface area contributed by atoms with Crippen molar-refractivity contribution < 1.29 is 14.7 Å². The lowest BCUT2D eigenvalue weighted by atomic mass is 10.1. The van der Waals surface area contributed by atoms with Crippen molar-refractivity contribution in [3.63, 3.8) is 0 Å². The quantitative estimate of drug-likeness (QED) is 0.890. The SMILES string of the molecule is Cn1cc(CCNC(=O)N2CCC(C(=O)O)C2)c2ccc(Cl)cc21. The minimum Gasteiger partial charge on any atom is -0.481 e. The Labute approximate surface area is 145 Å². The number of hydrogen-bond donors (Lipinski definition) is 2. The van der Waals surface area contributed by atoms with E-state index >= 15 is 0 Å². The number of carbonyl (C=O) groups is 2. The zero-order chi connectivity index (χ0) is 17.3. The number of fused-ring (bicyclic) bond motifs is 1. The van der Waals surface area contributed by atoms with Crippen LogP contribution in [0.2, 0.25) is 5.02 Å². The summed E-state index contributed by atoms with van der Waals surface area (Å²) in [6.07, 6.45) is 3.28. The van der Waals surface area contributed by atoms with Crippen molar-refractivity contribution in [3.8, 4) is 0 Å². The first kappa shape index (κ1) is 16.6. The van der Waals surface area contributed by atoms with Gasteiger partial charge in [0.15, 0.2) is 0 Å². The summed E-state index contributed by atoms with van der Waals surface area (Å²) >= 11 is 6.03. The lowest BCUT2D eigenvalue weighted by Crippen LogP contribution is -2.39. The molecule has 2 amide bonds. The van der Waals surface area contributed by atoms with Crippen LogP contribution in [0.1, 0.15) is 12.0 Å². The van der Waals surface area contributed by atoms with Crippen LogP contribution in [0, 0.1) is 5.92 Å². The third kappa shape index (κ3) is 3.33. The highest BCUT2D eigenvalue weighted by molar-refractivity contribution is 6.31. The number of aryl methyl sites for hydroxylation is 1. The monoisotopic (exact) mass is 349 g/mol. The number of carbonyl (C=O) groups excluding carboxylic acids is 1. The summed E-state index contributed by atoms with van der Waals surface area (Å²) in [5.41, 5.74) is 2.21. The van der Waals surface area contributed by atoms with Gasteiger partial charge in [-0.2, -0.15) is 0 Å². The average molecular weight is 350 g/mol. The molecule has 0 radical (unpaired) electrons. The molecular weight excluding hydrogens is 330 g/mol. The average Bonchev–Trinajstić information content (AvgIpc) is 3.13. The van der Waals surface area contributed by atoms with Gasteiger partial charge in [-0.3, -0.25) is 4.79 Å². The van der Waals surface area contributed by atoms with Gasteiger partial charge in [-0.1, -0.05) is 17.7 Å². The van der Waals surface area contributed by atoms with Crippen molar-refractivity contribution >= 4 is 34.5 Å². The number of benzene rings is 1. The molecule has 24 heavy (non-hydrogen) atoms. The van der Waals surface area contributed by atoms with Crippen molar-refractivity contribution in [2.24, 2.45) is 13.0 Å². The topological polar surface area (TPSA) is 74.6 Å². The zero-order valence-electron chi connectivity index (χ0n) is 13.5. The smallest absolute Gasteiger partial charge is 0.317 e. The number of hydrogen-bond acceptors (Lipinski definition) is 2. The maximum absolute atomic E-state index is 12.1. The number of likely N-dealkylation sites (tertiary alicyclic amines) is 1. The molecule has 2 N–H and O–H groups in total. The molecule has 3 rings (SSSR count). The van der Waals surface area contributed by atoms with Crippen LogP contribution >= 0.6 is 11.6 Å². The molecule has 1 aliphatic heterocycles. The first-order chi connectivity index (χ1) is 11.5. The van der Waals surface area contributed by atoms with E-state index in [-0.39, 0.29) is 12.6 Å². The van der Waals surface area contributed by atoms with Gasteiger partial charge in [0, 0.05) is 48.8 Å². The second-order valence-electron chi connectivity index (χ2n) is 6.18. The van der Waals surface area contributed by atoms with Crippen LogP contribution in [-0.4, -0.2) is 46.2 Å². The molecule has 128 valence electrons. The van der Waals surface area contributed by atoms with E-state index in [1.807, 2.05) is 36.0 Å². The van der Waals surface area contributed by atoms with Crippen LogP contribution in [0.3, 0.4) is 0 Å². The molecule has 1 atom stereocenters. The maximum atomic E-state index is 12.1. The van der Waals surface area contributed by atoms with Gasteiger partial charge in [0.05, 0.1) is 5.92 Å². The van der Waals surface area contributed by atoms with E-state index in [0.717, 1.165) is 16.5 Å². The van der Waals surface area contributed by atoms with E-state index in [9.17, 15) is 9.59 Å². The molecule has 0 spiro atoms. The summed E-state index contributed by atoms with van der Waals surface area (Å²) in [6.45, 7) is 1.29. The molecule has 2 aromatic rings. The van der Waals surface area contributed by atoms with Crippen LogP contribution in [0.4, 0.5) is 4.79 Å². The van der Waals surface area contributed by atoms with Crippen LogP contribution in [0.15, 0.2) is 24.4 Å². The van der Waals surface area contributed by atoms with Crippen molar-refractivity contribution in [2.75, 3.05) is 19.6 Å². The van der Waals surface area contributed by atoms with Gasteiger partial charge in [-0.15, -0.1) is 0 Å². The van der Waals surface area contributed by atoms with Crippen LogP contribution < -0.4 is 5.32 Å². The van der Waals surface area contributed by atoms with Gasteiger partial charge in [-0.25, -0.2) is 4.79 Å². The molecule has 2 heterocycles. The number of nitrogens with one attached hydrogen (secondary N) is 1. The van der Waals surface area contributed by atoms with Gasteiger partial charge >= 0.3 is 12.0 Å². The van der Waals surface area contributed by atoms with Crippen LogP contribution in [-0.2, 0) is 18.3 Å². The van der Waals surface area contributed by atoms with Crippen molar-refractivity contribution in [2.45, 2.75) is 12.8 Å². The predicted octanol–water partition coefficient (Wildman–Crippen LogP) is 2.49. The van der Waals surface area contributed by atoms with Gasteiger partial charge < -0.3 is 19.9 Å². The molecule has 1 saturated heterocycles. The molecule has 0 saturated carbocycles. The van der Waals surface area contributed by atoms with Gasteiger partial charge in [-0.05, 0) is 30.5 Å². The van der Waals surface area contributed by atoms with E-state index in [1.165, 1.54) is 0 Å². The molecule has 1 fully saturated rings. The Balaban J connectivity index is 1.57. The second kappa shape index (κ2) is 6.73. The fourth-order valence-electron chi connectivity index (χ4n) is 3.20. The number of rotatable bonds is 4. The number of halogens is 1. The highest BCUT2D eigenvalue weighted by Crippen LogP contribution is 2.24. The fourth-order valence-corrected chi connectivity index (χ4v) is 3.37. The standard InChI is InChI=1S/C17H20ClN3O3/c1-20-9-11(14-3-2-13(18)8-15(14)20)4-6-19-17(24)21-7-5-12(10-21)16(22)23/h2-3,8-9,12H,4-7,10H2,1H3,(H,19,24)(H,22,23). The number of aromatic nitrogens is 1. The van der Waals surface area contributed by atoms with E-state index in [0.29, 0.717) is 31.0 Å². The largest absolute Gasteiger partial charge is 0.481 e. The van der Waals surface area contributed by atoms with Gasteiger partial charge in [0.2, 0.25) is 0 Å². The number of urea groups is 1. The fraction of sp³-hybridized carbons (Fsp3) is 0.412. The Kier molecular flexibility index (Phi) is 4.66. The van der Waals surface area contributed by atoms with Crippen molar-refractivity contribution in [3.05, 3.63) is 35.0 Å². The Hall–Kier alpha value is -2.21. The van der Waals surface area contributed by atoms with Crippen LogP contribution in [0.5, 0.6) is 0 Å². The maximum Gasteiger partial charge on any atom is 0.317 e. The minimum absolute atomic E-state index is 0.193. The number of amides is 2. The highest BCUT2D eigenvalue weighted by Gasteiger charge is 2.30. The van der Waals surface area contributed by atoms with Crippen molar-refractivity contribution in [1.29, 1.82) is 0 Å². The lowest BCUT2D eigenvalue weighted by Gasteiger charge is -2.16. The van der Waals surface area contributed by atoms with Gasteiger partial charge in [0.25, 0.3) is 0 Å². The number of carboxylic acid groups (broad SMARTS) is 1. The molecule has 0 bridgehead atoms. The summed E-state index contributed by atoms with van der Waals surface area (Å²) in [5, 5.41) is 13.7. The Morgan fingerprint density at radius 1 is 1.42 bits per heavy atom. The Bertz CT molecular complexity index is 787. The first-order valence-corrected chi connectivity index (χ1v) is 8.32. The summed E-state index contributed by atoms with van der Waals surface area (Å²) in [7, 11) is 1.97. The molecule has 1 unspecified atom stereocenters. The molecule has 6 nitrogen and oxygen atoms in total. The summed E-state index contributed by atoms with van der Waals surface area (Å²) < 4.78 is 2.02. The van der Waals surface area contributed by atoms with Crippen molar-refractivity contribution in [1.82, 2.24) is 14.8 Å². The highest BCUT2D eigenvalue weighted by atomic mass is 35.5. The molecule has 1 aromatic carbocycles. The van der Waals surface area contributed by atoms with E-state index in [1.54, 1.807) is 4.90 Å². The minimum atomic E-state index is -0.834. The zero-order valence-corrected chi connectivity index (χ0v) is 14.2. The molecule has 1 aliphatic rings. The first-order valence-electron chi connectivity index (χ1n) is 7.94. The van der Waals surface area contributed by atoms with E-state index in [4.69, 9.17) is 16.7 Å². The van der Waals surface area contributed by atoms with Gasteiger partial charge in [0.1, 0.15) is 0 Å². The Morgan fingerprint density at radius 2 is 2.21 bits per heavy atom. The molecule has 1 aromatic heterocycles. The normalized spacial score (nSPS) is 17.4. The van der Waals surface area contributed by atoms with E-state index in [2.05, 4.69) is 5.32 Å². The number of carboxylic acids is 1. The third-order valence-corrected chi connectivity index (χ3v) is 4.77. The Morgan fingerprint density at radius 3 is 2.92 bits per heavy atom. The molecular formula is C17H20ClN3O3. The van der Waals surface area contributed by atoms with Crippen LogP contribution in [0.25, 0.3) is 10.9 Å². The lowest BCUT2D eigenvalue weighted by molar-refractivity contribution is -0.141. The summed E-state index contributed by atoms with van der Waals surface area (Å²) in [6, 6.07) is 5.59. The third-order valence-electron chi connectivity index (χ3n) is 4.53. The summed E-state index contributed by atoms with van der Waals surface area (Å²) in [5.74, 6) is -1.28. The second-order valence-corrected chi connectivity index (χ2v) is 6.61. The number of aliphatic carboxylic acids is 1. The molecule has 0 aliphatic carbocycles. The molecule has 7 heteroatoms.